The Morgan fingerprint density at radius 2 is 1.77 bits per heavy atom. The molecule has 0 aliphatic carbocycles. The highest BCUT2D eigenvalue weighted by Gasteiger charge is 2.32. The van der Waals surface area contributed by atoms with Gasteiger partial charge in [-0.3, -0.25) is 9.59 Å². The summed E-state index contributed by atoms with van der Waals surface area (Å²) in [6, 6.07) is 9.22. The molecule has 0 saturated carbocycles. The number of nitrogens with two attached hydrogens (primary N) is 1. The van der Waals surface area contributed by atoms with E-state index >= 15 is 0 Å². The fraction of sp³-hybridized carbons (Fsp3) is 0.286. The van der Waals surface area contributed by atoms with Gasteiger partial charge in [-0.1, -0.05) is 34.1 Å². The van der Waals surface area contributed by atoms with Crippen molar-refractivity contribution in [2.75, 3.05) is 5.32 Å². The minimum atomic E-state index is -4.64. The Bertz CT molecular complexity index is 1010. The number of Topliss-reactive ketones (excluding diaryl/α,β-unsaturated/α-hetero) is 1. The number of amides is 2. The average Bonchev–Trinajstić information content (AvgIpc) is 2.60. The lowest BCUT2D eigenvalue weighted by Crippen LogP contribution is -2.33. The van der Waals surface area contributed by atoms with Gasteiger partial charge in [-0.2, -0.15) is 13.2 Å². The number of nitrogens with one attached hydrogen (secondary N) is 1. The van der Waals surface area contributed by atoms with Crippen LogP contribution in [0.5, 0.6) is 0 Å². The number of rotatable bonds is 7. The van der Waals surface area contributed by atoms with Crippen molar-refractivity contribution in [2.24, 2.45) is 5.73 Å². The Labute approximate surface area is 185 Å². The van der Waals surface area contributed by atoms with Crippen molar-refractivity contribution >= 4 is 39.4 Å². The summed E-state index contributed by atoms with van der Waals surface area (Å²) in [5, 5.41) is 2.37. The van der Waals surface area contributed by atoms with Crippen LogP contribution in [0.2, 0.25) is 0 Å². The largest absolute Gasteiger partial charge is 0.443 e. The van der Waals surface area contributed by atoms with Crippen molar-refractivity contribution in [2.45, 2.75) is 38.5 Å². The fourth-order valence-electron chi connectivity index (χ4n) is 2.89. The molecule has 166 valence electrons. The third kappa shape index (κ3) is 7.39. The lowest BCUT2D eigenvalue weighted by atomic mass is 9.95. The SMILES string of the molecule is CC(C)(Cc1ccc(C(F)(F)F)cc1NC(=O)CC(=O)c1cccc(Br)c1)OC(N)=O. The smallest absolute Gasteiger partial charge is 0.416 e. The Hall–Kier alpha value is -2.88. The number of anilines is 1. The maximum absolute atomic E-state index is 13.2. The Balaban J connectivity index is 2.27. The molecular weight excluding hydrogens is 481 g/mol. The fourth-order valence-corrected chi connectivity index (χ4v) is 3.29. The molecule has 31 heavy (non-hydrogen) atoms. The van der Waals surface area contributed by atoms with Crippen molar-refractivity contribution in [3.63, 3.8) is 0 Å². The number of alkyl halides is 3. The Morgan fingerprint density at radius 1 is 1.10 bits per heavy atom. The lowest BCUT2D eigenvalue weighted by molar-refractivity contribution is -0.137. The summed E-state index contributed by atoms with van der Waals surface area (Å²) in [6.45, 7) is 3.05. The third-order valence-corrected chi connectivity index (χ3v) is 4.67. The maximum Gasteiger partial charge on any atom is 0.416 e. The first-order valence-corrected chi connectivity index (χ1v) is 9.83. The van der Waals surface area contributed by atoms with Crippen LogP contribution in [-0.4, -0.2) is 23.4 Å². The molecule has 2 aromatic carbocycles. The normalized spacial score (nSPS) is 11.7. The predicted octanol–water partition coefficient (Wildman–Crippen LogP) is 5.10. The van der Waals surface area contributed by atoms with Crippen molar-refractivity contribution < 1.29 is 32.3 Å². The number of ketones is 1. The number of halogens is 4. The van der Waals surface area contributed by atoms with Gasteiger partial charge >= 0.3 is 12.3 Å². The molecule has 10 heteroatoms. The third-order valence-electron chi connectivity index (χ3n) is 4.17. The molecule has 0 unspecified atom stereocenters. The molecular formula is C21H20BrF3N2O4. The topological polar surface area (TPSA) is 98.5 Å². The van der Waals surface area contributed by atoms with E-state index in [1.165, 1.54) is 32.0 Å². The summed E-state index contributed by atoms with van der Waals surface area (Å²) in [5.74, 6) is -1.27. The van der Waals surface area contributed by atoms with Gasteiger partial charge in [-0.15, -0.1) is 0 Å². The Morgan fingerprint density at radius 3 is 2.35 bits per heavy atom. The van der Waals surface area contributed by atoms with Gasteiger partial charge in [0.25, 0.3) is 0 Å². The second-order valence-electron chi connectivity index (χ2n) is 7.39. The number of hydrogen-bond donors (Lipinski definition) is 2. The summed E-state index contributed by atoms with van der Waals surface area (Å²) in [5.41, 5.74) is 3.34. The van der Waals surface area contributed by atoms with E-state index in [4.69, 9.17) is 10.5 Å². The van der Waals surface area contributed by atoms with Crippen LogP contribution in [0.3, 0.4) is 0 Å². The molecule has 0 saturated heterocycles. The van der Waals surface area contributed by atoms with Gasteiger partial charge in [0.2, 0.25) is 5.91 Å². The van der Waals surface area contributed by atoms with Crippen molar-refractivity contribution in [1.82, 2.24) is 0 Å². The molecule has 0 aromatic heterocycles. The average molecular weight is 501 g/mol. The van der Waals surface area contributed by atoms with Gasteiger partial charge in [0.1, 0.15) is 5.60 Å². The quantitative estimate of drug-likeness (QED) is 0.408. The number of carbonyl (C=O) groups is 3. The number of primary amides is 1. The minimum Gasteiger partial charge on any atom is -0.443 e. The lowest BCUT2D eigenvalue weighted by Gasteiger charge is -2.25. The highest BCUT2D eigenvalue weighted by atomic mass is 79.9. The van der Waals surface area contributed by atoms with Crippen LogP contribution in [0.15, 0.2) is 46.9 Å². The molecule has 0 spiro atoms. The van der Waals surface area contributed by atoms with E-state index in [2.05, 4.69) is 21.2 Å². The van der Waals surface area contributed by atoms with Crippen molar-refractivity contribution in [3.8, 4) is 0 Å². The molecule has 0 radical (unpaired) electrons. The molecule has 0 aliphatic rings. The van der Waals surface area contributed by atoms with Gasteiger partial charge in [-0.25, -0.2) is 4.79 Å². The number of benzene rings is 2. The summed E-state index contributed by atoms with van der Waals surface area (Å²) >= 11 is 3.23. The van der Waals surface area contributed by atoms with E-state index in [0.29, 0.717) is 4.47 Å². The van der Waals surface area contributed by atoms with Crippen LogP contribution in [-0.2, 0) is 22.1 Å². The zero-order chi connectivity index (χ0) is 23.4. The van der Waals surface area contributed by atoms with Crippen LogP contribution in [0.25, 0.3) is 0 Å². The van der Waals surface area contributed by atoms with Gasteiger partial charge in [0.05, 0.1) is 12.0 Å². The Kier molecular flexibility index (Phi) is 7.48. The van der Waals surface area contributed by atoms with Gasteiger partial charge < -0.3 is 15.8 Å². The minimum absolute atomic E-state index is 0.0245. The van der Waals surface area contributed by atoms with Crippen molar-refractivity contribution in [1.29, 1.82) is 0 Å². The van der Waals surface area contributed by atoms with E-state index in [1.54, 1.807) is 12.1 Å². The number of carbonyl (C=O) groups excluding carboxylic acids is 3. The van der Waals surface area contributed by atoms with E-state index in [0.717, 1.165) is 12.1 Å². The molecule has 0 heterocycles. The standard InChI is InChI=1S/C21H20BrF3N2O4/c1-20(2,31-19(26)30)11-13-6-7-14(21(23,24)25)9-16(13)27-18(29)10-17(28)12-4-3-5-15(22)8-12/h3-9H,10-11H2,1-2H3,(H2,26,30)(H,27,29). The molecule has 0 atom stereocenters. The first kappa shape index (κ1) is 24.4. The first-order valence-electron chi connectivity index (χ1n) is 9.04. The second kappa shape index (κ2) is 9.51. The van der Waals surface area contributed by atoms with Crippen LogP contribution >= 0.6 is 15.9 Å². The van der Waals surface area contributed by atoms with Crippen LogP contribution < -0.4 is 11.1 Å². The summed E-state index contributed by atoms with van der Waals surface area (Å²) < 4.78 is 45.1. The summed E-state index contributed by atoms with van der Waals surface area (Å²) in [4.78, 5) is 35.8. The van der Waals surface area contributed by atoms with Gasteiger partial charge in [-0.05, 0) is 43.7 Å². The molecule has 6 nitrogen and oxygen atoms in total. The molecule has 2 rings (SSSR count). The van der Waals surface area contributed by atoms with Crippen LogP contribution in [0, 0.1) is 0 Å². The molecule has 0 fully saturated rings. The van der Waals surface area contributed by atoms with E-state index in [-0.39, 0.29) is 23.2 Å². The summed E-state index contributed by atoms with van der Waals surface area (Å²) in [7, 11) is 0. The molecule has 0 bridgehead atoms. The zero-order valence-corrected chi connectivity index (χ0v) is 18.3. The number of hydrogen-bond acceptors (Lipinski definition) is 4. The maximum atomic E-state index is 13.2. The molecule has 0 aliphatic heterocycles. The zero-order valence-electron chi connectivity index (χ0n) is 16.7. The highest BCUT2D eigenvalue weighted by molar-refractivity contribution is 9.10. The molecule has 2 aromatic rings. The number of ether oxygens (including phenoxy) is 1. The molecule has 2 amide bonds. The highest BCUT2D eigenvalue weighted by Crippen LogP contribution is 2.33. The van der Waals surface area contributed by atoms with Crippen LogP contribution in [0.4, 0.5) is 23.7 Å². The first-order chi connectivity index (χ1) is 14.3. The van der Waals surface area contributed by atoms with Crippen LogP contribution in [0.1, 0.15) is 41.8 Å². The van der Waals surface area contributed by atoms with E-state index < -0.39 is 41.5 Å². The monoisotopic (exact) mass is 500 g/mol. The van der Waals surface area contributed by atoms with Crippen molar-refractivity contribution in [3.05, 3.63) is 63.6 Å². The second-order valence-corrected chi connectivity index (χ2v) is 8.30. The van der Waals surface area contributed by atoms with Gasteiger partial charge in [0.15, 0.2) is 5.78 Å². The molecule has 3 N–H and O–H groups in total. The predicted molar refractivity (Wildman–Crippen MR) is 112 cm³/mol. The van der Waals surface area contributed by atoms with E-state index in [1.807, 2.05) is 0 Å². The van der Waals surface area contributed by atoms with Gasteiger partial charge in [0, 0.05) is 22.1 Å². The summed E-state index contributed by atoms with van der Waals surface area (Å²) in [6.07, 6.45) is -6.26. The van der Waals surface area contributed by atoms with E-state index in [9.17, 15) is 27.6 Å².